The van der Waals surface area contributed by atoms with Gasteiger partial charge in [-0.1, -0.05) is 18.2 Å². The Kier molecular flexibility index (Phi) is 3.52. The average molecular weight is 246 g/mol. The van der Waals surface area contributed by atoms with Gasteiger partial charge in [-0.3, -0.25) is 0 Å². The molecule has 0 radical (unpaired) electrons. The Balaban J connectivity index is 1.83. The first kappa shape index (κ1) is 12.0. The van der Waals surface area contributed by atoms with Crippen molar-refractivity contribution in [2.24, 2.45) is 5.73 Å². The largest absolute Gasteiger partial charge is 0.376 e. The lowest BCUT2D eigenvalue weighted by Crippen LogP contribution is -2.47. The second-order valence-corrected chi connectivity index (χ2v) is 5.34. The second-order valence-electron chi connectivity index (χ2n) is 5.34. The van der Waals surface area contributed by atoms with Gasteiger partial charge in [0.25, 0.3) is 0 Å². The van der Waals surface area contributed by atoms with Crippen LogP contribution in [0.25, 0.3) is 0 Å². The number of anilines is 1. The molecule has 2 atom stereocenters. The van der Waals surface area contributed by atoms with Gasteiger partial charge in [-0.25, -0.2) is 0 Å². The average Bonchev–Trinajstić information content (AvgIpc) is 2.92. The molecule has 2 aliphatic heterocycles. The molecular formula is C15H22N2O. The number of benzene rings is 1. The van der Waals surface area contributed by atoms with Crippen LogP contribution in [0, 0.1) is 0 Å². The summed E-state index contributed by atoms with van der Waals surface area (Å²) in [6, 6.07) is 9.20. The number of ether oxygens (including phenoxy) is 1. The van der Waals surface area contributed by atoms with Crippen molar-refractivity contribution in [3.05, 3.63) is 29.8 Å². The number of nitrogens with two attached hydrogens (primary N) is 1. The van der Waals surface area contributed by atoms with E-state index in [9.17, 15) is 0 Å². The molecule has 2 aliphatic rings. The summed E-state index contributed by atoms with van der Waals surface area (Å²) >= 11 is 0. The molecule has 3 nitrogen and oxygen atoms in total. The van der Waals surface area contributed by atoms with E-state index in [0.29, 0.717) is 12.1 Å². The van der Waals surface area contributed by atoms with Gasteiger partial charge < -0.3 is 15.4 Å². The predicted molar refractivity (Wildman–Crippen MR) is 73.9 cm³/mol. The standard InChI is InChI=1S/C15H22N2O/c16-10-13-8-7-12-4-1-2-6-15(12)17(13)11-14-5-3-9-18-14/h1-2,4,6,13-14H,3,5,7-11,16H2. The Morgan fingerprint density at radius 2 is 2.17 bits per heavy atom. The Labute approximate surface area is 109 Å². The fourth-order valence-corrected chi connectivity index (χ4v) is 3.18. The number of hydrogen-bond acceptors (Lipinski definition) is 3. The third-order valence-corrected chi connectivity index (χ3v) is 4.19. The summed E-state index contributed by atoms with van der Waals surface area (Å²) in [7, 11) is 0. The van der Waals surface area contributed by atoms with Crippen LogP contribution >= 0.6 is 0 Å². The van der Waals surface area contributed by atoms with Crippen LogP contribution in [-0.2, 0) is 11.2 Å². The number of para-hydroxylation sites is 1. The number of hydrogen-bond donors (Lipinski definition) is 1. The normalized spacial score (nSPS) is 27.3. The van der Waals surface area contributed by atoms with E-state index in [1.165, 1.54) is 30.5 Å². The van der Waals surface area contributed by atoms with Gasteiger partial charge in [0.15, 0.2) is 0 Å². The van der Waals surface area contributed by atoms with Gasteiger partial charge >= 0.3 is 0 Å². The highest BCUT2D eigenvalue weighted by Gasteiger charge is 2.28. The van der Waals surface area contributed by atoms with E-state index in [4.69, 9.17) is 10.5 Å². The highest BCUT2D eigenvalue weighted by atomic mass is 16.5. The van der Waals surface area contributed by atoms with E-state index in [1.54, 1.807) is 0 Å². The summed E-state index contributed by atoms with van der Waals surface area (Å²) in [6.07, 6.45) is 5.11. The summed E-state index contributed by atoms with van der Waals surface area (Å²) < 4.78 is 5.78. The third kappa shape index (κ3) is 2.25. The highest BCUT2D eigenvalue weighted by Crippen LogP contribution is 2.31. The van der Waals surface area contributed by atoms with Crippen LogP contribution in [0.2, 0.25) is 0 Å². The van der Waals surface area contributed by atoms with Gasteiger partial charge in [0, 0.05) is 31.4 Å². The molecule has 0 bridgehead atoms. The second kappa shape index (κ2) is 5.29. The fourth-order valence-electron chi connectivity index (χ4n) is 3.18. The molecule has 1 aromatic rings. The molecule has 1 aromatic carbocycles. The summed E-state index contributed by atoms with van der Waals surface area (Å²) in [5.41, 5.74) is 8.77. The van der Waals surface area contributed by atoms with Gasteiger partial charge in [-0.15, -0.1) is 0 Å². The summed E-state index contributed by atoms with van der Waals surface area (Å²) in [5.74, 6) is 0. The van der Waals surface area contributed by atoms with Crippen LogP contribution in [0.5, 0.6) is 0 Å². The molecule has 18 heavy (non-hydrogen) atoms. The van der Waals surface area contributed by atoms with Crippen molar-refractivity contribution in [3.8, 4) is 0 Å². The van der Waals surface area contributed by atoms with E-state index >= 15 is 0 Å². The van der Waals surface area contributed by atoms with Gasteiger partial charge in [0.2, 0.25) is 0 Å². The van der Waals surface area contributed by atoms with Crippen LogP contribution in [-0.4, -0.2) is 31.8 Å². The lowest BCUT2D eigenvalue weighted by Gasteiger charge is -2.39. The van der Waals surface area contributed by atoms with Crippen LogP contribution in [0.1, 0.15) is 24.8 Å². The Bertz CT molecular complexity index is 401. The maximum atomic E-state index is 5.94. The molecule has 98 valence electrons. The monoisotopic (exact) mass is 246 g/mol. The molecule has 2 N–H and O–H groups in total. The number of rotatable bonds is 3. The minimum Gasteiger partial charge on any atom is -0.376 e. The lowest BCUT2D eigenvalue weighted by molar-refractivity contribution is 0.113. The minimum absolute atomic E-state index is 0.394. The molecule has 0 saturated carbocycles. The lowest BCUT2D eigenvalue weighted by atomic mass is 9.95. The van der Waals surface area contributed by atoms with Crippen LogP contribution in [0.3, 0.4) is 0 Å². The van der Waals surface area contributed by atoms with Gasteiger partial charge in [-0.05, 0) is 37.3 Å². The zero-order valence-electron chi connectivity index (χ0n) is 10.8. The molecule has 0 spiro atoms. The van der Waals surface area contributed by atoms with Gasteiger partial charge in [0.1, 0.15) is 0 Å². The first-order chi connectivity index (χ1) is 8.88. The maximum absolute atomic E-state index is 5.94. The molecule has 3 rings (SSSR count). The van der Waals surface area contributed by atoms with Crippen molar-refractivity contribution < 1.29 is 4.74 Å². The Morgan fingerprint density at radius 1 is 1.28 bits per heavy atom. The van der Waals surface area contributed by atoms with Crippen molar-refractivity contribution in [1.82, 2.24) is 0 Å². The van der Waals surface area contributed by atoms with Crippen molar-refractivity contribution in [3.63, 3.8) is 0 Å². The van der Waals surface area contributed by atoms with Crippen molar-refractivity contribution in [1.29, 1.82) is 0 Å². The topological polar surface area (TPSA) is 38.5 Å². The van der Waals surface area contributed by atoms with Crippen molar-refractivity contribution in [2.75, 3.05) is 24.6 Å². The third-order valence-electron chi connectivity index (χ3n) is 4.19. The fraction of sp³-hybridized carbons (Fsp3) is 0.600. The van der Waals surface area contributed by atoms with Crippen LogP contribution in [0.4, 0.5) is 5.69 Å². The summed E-state index contributed by atoms with van der Waals surface area (Å²) in [4.78, 5) is 2.48. The molecule has 2 heterocycles. The van der Waals surface area contributed by atoms with E-state index in [0.717, 1.165) is 26.1 Å². The SMILES string of the molecule is NCC1CCc2ccccc2N1CC1CCCO1. The molecule has 0 amide bonds. The molecule has 3 heteroatoms. The molecule has 2 unspecified atom stereocenters. The van der Waals surface area contributed by atoms with E-state index in [2.05, 4.69) is 29.2 Å². The molecular weight excluding hydrogens is 224 g/mol. The van der Waals surface area contributed by atoms with Crippen LogP contribution in [0.15, 0.2) is 24.3 Å². The number of fused-ring (bicyclic) bond motifs is 1. The first-order valence-corrected chi connectivity index (χ1v) is 7.04. The van der Waals surface area contributed by atoms with E-state index in [-0.39, 0.29) is 0 Å². The van der Waals surface area contributed by atoms with Crippen LogP contribution < -0.4 is 10.6 Å². The minimum atomic E-state index is 0.394. The number of aryl methyl sites for hydroxylation is 1. The Morgan fingerprint density at radius 3 is 2.94 bits per heavy atom. The Hall–Kier alpha value is -1.06. The zero-order valence-corrected chi connectivity index (χ0v) is 10.8. The molecule has 0 aromatic heterocycles. The van der Waals surface area contributed by atoms with E-state index < -0.39 is 0 Å². The highest BCUT2D eigenvalue weighted by molar-refractivity contribution is 5.56. The smallest absolute Gasteiger partial charge is 0.0750 e. The molecule has 1 saturated heterocycles. The van der Waals surface area contributed by atoms with Gasteiger partial charge in [-0.2, -0.15) is 0 Å². The number of nitrogens with zero attached hydrogens (tertiary/aromatic N) is 1. The molecule has 0 aliphatic carbocycles. The first-order valence-electron chi connectivity index (χ1n) is 7.04. The zero-order chi connectivity index (χ0) is 12.4. The summed E-state index contributed by atoms with van der Waals surface area (Å²) in [5, 5.41) is 0. The van der Waals surface area contributed by atoms with Crippen molar-refractivity contribution in [2.45, 2.75) is 37.8 Å². The van der Waals surface area contributed by atoms with Gasteiger partial charge in [0.05, 0.1) is 6.10 Å². The van der Waals surface area contributed by atoms with E-state index in [1.807, 2.05) is 0 Å². The summed E-state index contributed by atoms with van der Waals surface area (Å²) in [6.45, 7) is 2.66. The quantitative estimate of drug-likeness (QED) is 0.886. The predicted octanol–water partition coefficient (Wildman–Crippen LogP) is 1.95. The van der Waals surface area contributed by atoms with Crippen molar-refractivity contribution >= 4 is 5.69 Å². The maximum Gasteiger partial charge on any atom is 0.0750 e. The molecule has 1 fully saturated rings.